The van der Waals surface area contributed by atoms with Crippen LogP contribution in [0, 0.1) is 11.3 Å². The first-order chi connectivity index (χ1) is 7.15. The van der Waals surface area contributed by atoms with Gasteiger partial charge in [-0.05, 0) is 47.0 Å². The van der Waals surface area contributed by atoms with Crippen molar-refractivity contribution in [3.05, 3.63) is 0 Å². The maximum atomic E-state index is 12.1. The maximum absolute atomic E-state index is 12.1. The highest BCUT2D eigenvalue weighted by atomic mass is 16.6. The summed E-state index contributed by atoms with van der Waals surface area (Å²) in [7, 11) is 0. The molecule has 0 aliphatic heterocycles. The minimum Gasteiger partial charge on any atom is -0.460 e. The van der Waals surface area contributed by atoms with Crippen molar-refractivity contribution < 1.29 is 9.53 Å². The molecule has 0 aromatic heterocycles. The van der Waals surface area contributed by atoms with Crippen LogP contribution in [0.3, 0.4) is 0 Å². The molecule has 0 amide bonds. The fourth-order valence-electron chi connectivity index (χ4n) is 2.00. The quantitative estimate of drug-likeness (QED) is 0.660. The van der Waals surface area contributed by atoms with Gasteiger partial charge in [0.05, 0.1) is 5.41 Å². The highest BCUT2D eigenvalue weighted by molar-refractivity contribution is 5.76. The molecule has 0 spiro atoms. The lowest BCUT2D eigenvalue weighted by atomic mass is 9.75. The van der Waals surface area contributed by atoms with E-state index in [4.69, 9.17) is 4.74 Å². The van der Waals surface area contributed by atoms with Crippen LogP contribution in [0.25, 0.3) is 0 Å². The van der Waals surface area contributed by atoms with E-state index in [1.165, 1.54) is 0 Å². The highest BCUT2D eigenvalue weighted by Gasteiger charge is 2.38. The van der Waals surface area contributed by atoms with Crippen LogP contribution in [0.2, 0.25) is 0 Å². The van der Waals surface area contributed by atoms with E-state index in [1.54, 1.807) is 0 Å². The predicted molar refractivity (Wildman–Crippen MR) is 68.3 cm³/mol. The molecule has 0 aromatic rings. The van der Waals surface area contributed by atoms with E-state index in [-0.39, 0.29) is 11.4 Å². The summed E-state index contributed by atoms with van der Waals surface area (Å²) < 4.78 is 5.49. The van der Waals surface area contributed by atoms with Crippen LogP contribution in [-0.4, -0.2) is 11.6 Å². The molecule has 0 saturated heterocycles. The average Bonchev–Trinajstić information content (AvgIpc) is 2.10. The van der Waals surface area contributed by atoms with Crippen molar-refractivity contribution in [1.82, 2.24) is 0 Å². The number of rotatable bonds is 5. The molecule has 1 atom stereocenters. The summed E-state index contributed by atoms with van der Waals surface area (Å²) in [5, 5.41) is 0. The number of carbonyl (C=O) groups is 1. The normalized spacial score (nSPS) is 14.7. The van der Waals surface area contributed by atoms with Crippen molar-refractivity contribution in [3.63, 3.8) is 0 Å². The van der Waals surface area contributed by atoms with Crippen LogP contribution in [0.1, 0.15) is 67.7 Å². The molecule has 0 aromatic carbocycles. The first-order valence-electron chi connectivity index (χ1n) is 6.38. The van der Waals surface area contributed by atoms with Gasteiger partial charge in [0.1, 0.15) is 5.60 Å². The summed E-state index contributed by atoms with van der Waals surface area (Å²) in [6, 6.07) is 0. The Kier molecular flexibility index (Phi) is 5.51. The molecule has 16 heavy (non-hydrogen) atoms. The number of carbonyl (C=O) groups excluding carboxylic acids is 1. The van der Waals surface area contributed by atoms with Gasteiger partial charge in [-0.25, -0.2) is 0 Å². The Morgan fingerprint density at radius 2 is 1.62 bits per heavy atom. The molecule has 2 heteroatoms. The fourth-order valence-corrected chi connectivity index (χ4v) is 2.00. The topological polar surface area (TPSA) is 26.3 Å². The third kappa shape index (κ3) is 4.54. The van der Waals surface area contributed by atoms with Crippen molar-refractivity contribution >= 4 is 5.97 Å². The van der Waals surface area contributed by atoms with Gasteiger partial charge in [-0.2, -0.15) is 0 Å². The van der Waals surface area contributed by atoms with E-state index in [1.807, 2.05) is 34.6 Å². The Balaban J connectivity index is 4.68. The summed E-state index contributed by atoms with van der Waals surface area (Å²) in [6.45, 7) is 14.1. The van der Waals surface area contributed by atoms with Gasteiger partial charge in [-0.3, -0.25) is 4.79 Å². The molecule has 0 heterocycles. The maximum Gasteiger partial charge on any atom is 0.312 e. The standard InChI is InChI=1S/C14H28O2/c1-8-10-11(9-2)14(6,7)12(15)16-13(3,4)5/h11H,8-10H2,1-7H3/t11-/m0/s1. The van der Waals surface area contributed by atoms with Crippen LogP contribution in [0.4, 0.5) is 0 Å². The molecule has 0 saturated carbocycles. The minimum atomic E-state index is -0.390. The Morgan fingerprint density at radius 1 is 1.12 bits per heavy atom. The molecule has 0 radical (unpaired) electrons. The van der Waals surface area contributed by atoms with Crippen molar-refractivity contribution in [2.24, 2.45) is 11.3 Å². The van der Waals surface area contributed by atoms with Crippen LogP contribution in [0.15, 0.2) is 0 Å². The lowest BCUT2D eigenvalue weighted by molar-refractivity contribution is -0.169. The molecular weight excluding hydrogens is 200 g/mol. The van der Waals surface area contributed by atoms with E-state index in [0.717, 1.165) is 19.3 Å². The summed E-state index contributed by atoms with van der Waals surface area (Å²) in [5.41, 5.74) is -0.767. The molecule has 0 rings (SSSR count). The summed E-state index contributed by atoms with van der Waals surface area (Å²) in [5.74, 6) is 0.340. The van der Waals surface area contributed by atoms with E-state index in [9.17, 15) is 4.79 Å². The van der Waals surface area contributed by atoms with Crippen molar-refractivity contribution in [3.8, 4) is 0 Å². The van der Waals surface area contributed by atoms with Gasteiger partial charge < -0.3 is 4.74 Å². The Bertz CT molecular complexity index is 223. The zero-order valence-electron chi connectivity index (χ0n) is 12.0. The summed E-state index contributed by atoms with van der Waals surface area (Å²) in [6.07, 6.45) is 3.23. The number of esters is 1. The minimum absolute atomic E-state index is 0.0692. The Hall–Kier alpha value is -0.530. The Morgan fingerprint density at radius 3 is 1.94 bits per heavy atom. The van der Waals surface area contributed by atoms with Crippen molar-refractivity contribution in [2.75, 3.05) is 0 Å². The molecule has 0 bridgehead atoms. The van der Waals surface area contributed by atoms with E-state index < -0.39 is 5.60 Å². The zero-order chi connectivity index (χ0) is 13.0. The number of hydrogen-bond acceptors (Lipinski definition) is 2. The van der Waals surface area contributed by atoms with Crippen LogP contribution >= 0.6 is 0 Å². The highest BCUT2D eigenvalue weighted by Crippen LogP contribution is 2.35. The van der Waals surface area contributed by atoms with Gasteiger partial charge in [0, 0.05) is 0 Å². The van der Waals surface area contributed by atoms with E-state index in [0.29, 0.717) is 5.92 Å². The molecule has 0 N–H and O–H groups in total. The predicted octanol–water partition coefficient (Wildman–Crippen LogP) is 4.18. The Labute approximate surface area is 101 Å². The van der Waals surface area contributed by atoms with Crippen molar-refractivity contribution in [2.45, 2.75) is 73.3 Å². The SMILES string of the molecule is CCC[C@H](CC)C(C)(C)C(=O)OC(C)(C)C. The van der Waals surface area contributed by atoms with E-state index >= 15 is 0 Å². The molecule has 2 nitrogen and oxygen atoms in total. The lowest BCUT2D eigenvalue weighted by Crippen LogP contribution is -2.38. The van der Waals surface area contributed by atoms with Gasteiger partial charge in [-0.1, -0.05) is 26.7 Å². The molecule has 0 fully saturated rings. The average molecular weight is 228 g/mol. The summed E-state index contributed by atoms with van der Waals surface area (Å²) >= 11 is 0. The smallest absolute Gasteiger partial charge is 0.312 e. The third-order valence-corrected chi connectivity index (χ3v) is 3.08. The van der Waals surface area contributed by atoms with Gasteiger partial charge in [0.15, 0.2) is 0 Å². The first-order valence-corrected chi connectivity index (χ1v) is 6.38. The van der Waals surface area contributed by atoms with Gasteiger partial charge in [0.25, 0.3) is 0 Å². The molecule has 0 aliphatic carbocycles. The van der Waals surface area contributed by atoms with Crippen LogP contribution < -0.4 is 0 Å². The van der Waals surface area contributed by atoms with Gasteiger partial charge in [0.2, 0.25) is 0 Å². The monoisotopic (exact) mass is 228 g/mol. The molecular formula is C14H28O2. The second-order valence-electron chi connectivity index (χ2n) is 6.12. The van der Waals surface area contributed by atoms with E-state index in [2.05, 4.69) is 13.8 Å². The molecule has 96 valence electrons. The second-order valence-corrected chi connectivity index (χ2v) is 6.12. The van der Waals surface area contributed by atoms with Crippen LogP contribution in [0.5, 0.6) is 0 Å². The van der Waals surface area contributed by atoms with Gasteiger partial charge in [-0.15, -0.1) is 0 Å². The number of hydrogen-bond donors (Lipinski definition) is 0. The molecule has 0 unspecified atom stereocenters. The zero-order valence-corrected chi connectivity index (χ0v) is 12.0. The first kappa shape index (κ1) is 15.5. The third-order valence-electron chi connectivity index (χ3n) is 3.08. The van der Waals surface area contributed by atoms with Crippen LogP contribution in [-0.2, 0) is 9.53 Å². The van der Waals surface area contributed by atoms with Gasteiger partial charge >= 0.3 is 5.97 Å². The van der Waals surface area contributed by atoms with Crippen molar-refractivity contribution in [1.29, 1.82) is 0 Å². The second kappa shape index (κ2) is 5.70. The lowest BCUT2D eigenvalue weighted by Gasteiger charge is -2.34. The number of ether oxygens (including phenoxy) is 1. The summed E-state index contributed by atoms with van der Waals surface area (Å²) in [4.78, 5) is 12.1. The largest absolute Gasteiger partial charge is 0.460 e. The fraction of sp³-hybridized carbons (Fsp3) is 0.929. The molecule has 0 aliphatic rings.